The molecule has 0 N–H and O–H groups in total. The average Bonchev–Trinajstić information content (AvgIpc) is 2.41. The summed E-state index contributed by atoms with van der Waals surface area (Å²) in [5.41, 5.74) is 0.364. The van der Waals surface area contributed by atoms with Crippen LogP contribution >= 0.6 is 0 Å². The van der Waals surface area contributed by atoms with Crippen molar-refractivity contribution in [2.75, 3.05) is 6.61 Å². The van der Waals surface area contributed by atoms with Gasteiger partial charge < -0.3 is 9.47 Å². The van der Waals surface area contributed by atoms with Gasteiger partial charge in [0.15, 0.2) is 0 Å². The maximum Gasteiger partial charge on any atom is 0.332 e. The Balaban J connectivity index is 1.60. The van der Waals surface area contributed by atoms with E-state index in [2.05, 4.69) is 6.58 Å². The summed E-state index contributed by atoms with van der Waals surface area (Å²) >= 11 is 0. The number of esters is 1. The highest BCUT2D eigenvalue weighted by Gasteiger charge is 2.51. The highest BCUT2D eigenvalue weighted by molar-refractivity contribution is 5.81. The van der Waals surface area contributed by atoms with Crippen molar-refractivity contribution in [1.82, 2.24) is 0 Å². The van der Waals surface area contributed by atoms with E-state index in [9.17, 15) is 4.79 Å². The van der Waals surface area contributed by atoms with Gasteiger partial charge in [0.25, 0.3) is 0 Å². The fourth-order valence-electron chi connectivity index (χ4n) is 5.25. The molecule has 0 amide bonds. The Morgan fingerprint density at radius 2 is 1.71 bits per heavy atom. The molecule has 0 aromatic carbocycles. The number of hydrogen-bond acceptors (Lipinski definition) is 3. The average molecular weight is 292 g/mol. The molecule has 0 aromatic rings. The van der Waals surface area contributed by atoms with Crippen molar-refractivity contribution in [3.63, 3.8) is 0 Å². The van der Waals surface area contributed by atoms with Gasteiger partial charge in [0.1, 0.15) is 0 Å². The lowest BCUT2D eigenvalue weighted by Gasteiger charge is -2.56. The molecular weight excluding hydrogens is 264 g/mol. The van der Waals surface area contributed by atoms with E-state index in [4.69, 9.17) is 9.47 Å². The van der Waals surface area contributed by atoms with Crippen LogP contribution < -0.4 is 0 Å². The Morgan fingerprint density at radius 1 is 1.19 bits per heavy atom. The van der Waals surface area contributed by atoms with E-state index in [0.717, 1.165) is 24.4 Å². The molecule has 0 heterocycles. The Morgan fingerprint density at radius 3 is 2.14 bits per heavy atom. The third-order valence-electron chi connectivity index (χ3n) is 5.66. The second-order valence-electron chi connectivity index (χ2n) is 7.98. The van der Waals surface area contributed by atoms with Crippen LogP contribution in [0, 0.1) is 29.1 Å². The summed E-state index contributed by atoms with van der Waals surface area (Å²) in [4.78, 5) is 11.4. The smallest absolute Gasteiger partial charge is 0.332 e. The van der Waals surface area contributed by atoms with E-state index < -0.39 is 6.29 Å². The molecular formula is C18H28O3. The summed E-state index contributed by atoms with van der Waals surface area (Å²) in [6.07, 6.45) is 9.05. The van der Waals surface area contributed by atoms with Gasteiger partial charge in [-0.15, -0.1) is 0 Å². The van der Waals surface area contributed by atoms with E-state index in [1.54, 1.807) is 0 Å². The summed E-state index contributed by atoms with van der Waals surface area (Å²) in [7, 11) is 0. The number of carbonyl (C=O) groups is 1. The predicted octanol–water partition coefficient (Wildman–Crippen LogP) is 3.93. The number of ether oxygens (including phenoxy) is 2. The molecule has 4 rings (SSSR count). The van der Waals surface area contributed by atoms with Gasteiger partial charge in [-0.1, -0.05) is 20.4 Å². The van der Waals surface area contributed by atoms with Crippen LogP contribution in [0.2, 0.25) is 0 Å². The van der Waals surface area contributed by atoms with Gasteiger partial charge in [0.2, 0.25) is 6.29 Å². The minimum absolute atomic E-state index is 0.169. The monoisotopic (exact) mass is 292 g/mol. The second kappa shape index (κ2) is 5.75. The maximum atomic E-state index is 11.4. The Hall–Kier alpha value is -0.830. The van der Waals surface area contributed by atoms with Crippen LogP contribution in [0.1, 0.15) is 52.4 Å². The first-order valence-corrected chi connectivity index (χ1v) is 8.44. The normalized spacial score (nSPS) is 38.5. The van der Waals surface area contributed by atoms with Crippen LogP contribution in [-0.4, -0.2) is 18.9 Å². The number of rotatable bonds is 6. The number of hydrogen-bond donors (Lipinski definition) is 0. The van der Waals surface area contributed by atoms with Crippen LogP contribution in [-0.2, 0) is 14.3 Å². The minimum Gasteiger partial charge on any atom is -0.432 e. The fraction of sp³-hybridized carbons (Fsp3) is 0.833. The zero-order chi connectivity index (χ0) is 15.0. The van der Waals surface area contributed by atoms with E-state index in [-0.39, 0.29) is 11.9 Å². The van der Waals surface area contributed by atoms with Gasteiger partial charge in [0.05, 0.1) is 6.61 Å². The molecule has 0 spiro atoms. The van der Waals surface area contributed by atoms with Crippen LogP contribution in [0.3, 0.4) is 0 Å². The molecule has 1 atom stereocenters. The third kappa shape index (κ3) is 3.18. The van der Waals surface area contributed by atoms with Crippen molar-refractivity contribution in [2.24, 2.45) is 29.1 Å². The Kier molecular flexibility index (Phi) is 4.13. The van der Waals surface area contributed by atoms with Crippen molar-refractivity contribution >= 4 is 5.97 Å². The lowest BCUT2D eigenvalue weighted by atomic mass is 9.50. The molecule has 21 heavy (non-hydrogen) atoms. The molecule has 4 aliphatic rings. The highest BCUT2D eigenvalue weighted by Crippen LogP contribution is 2.60. The minimum atomic E-state index is -0.441. The summed E-state index contributed by atoms with van der Waals surface area (Å²) in [5.74, 6) is 2.55. The van der Waals surface area contributed by atoms with Gasteiger partial charge >= 0.3 is 5.97 Å². The molecule has 0 radical (unpaired) electrons. The molecule has 0 aliphatic heterocycles. The Labute approximate surface area is 128 Å². The van der Waals surface area contributed by atoms with Gasteiger partial charge in [-0.25, -0.2) is 4.79 Å². The van der Waals surface area contributed by atoms with Crippen molar-refractivity contribution < 1.29 is 14.3 Å². The van der Waals surface area contributed by atoms with Crippen molar-refractivity contribution in [1.29, 1.82) is 0 Å². The second-order valence-corrected chi connectivity index (χ2v) is 7.98. The zero-order valence-corrected chi connectivity index (χ0v) is 13.3. The predicted molar refractivity (Wildman–Crippen MR) is 81.5 cm³/mol. The topological polar surface area (TPSA) is 35.5 Å². The first-order chi connectivity index (χ1) is 9.99. The summed E-state index contributed by atoms with van der Waals surface area (Å²) in [5, 5.41) is 0. The van der Waals surface area contributed by atoms with Gasteiger partial charge in [0, 0.05) is 12.0 Å². The van der Waals surface area contributed by atoms with Crippen LogP contribution in [0.25, 0.3) is 0 Å². The van der Waals surface area contributed by atoms with E-state index >= 15 is 0 Å². The fourth-order valence-corrected chi connectivity index (χ4v) is 5.25. The summed E-state index contributed by atoms with van der Waals surface area (Å²) < 4.78 is 11.4. The molecule has 1 unspecified atom stereocenters. The van der Waals surface area contributed by atoms with E-state index in [1.165, 1.54) is 44.6 Å². The standard InChI is InChI=1S/C18H28O3/c1-4-16(19)21-17(12(2)3)20-11-18-8-13-5-14(9-18)7-15(6-13)10-18/h4,12-15,17H,1,5-11H2,2-3H3. The summed E-state index contributed by atoms with van der Waals surface area (Å²) in [6, 6.07) is 0. The Bertz CT molecular complexity index is 377. The van der Waals surface area contributed by atoms with E-state index in [1.807, 2.05) is 13.8 Å². The third-order valence-corrected chi connectivity index (χ3v) is 5.66. The molecule has 4 saturated carbocycles. The van der Waals surface area contributed by atoms with Crippen LogP contribution in [0.15, 0.2) is 12.7 Å². The van der Waals surface area contributed by atoms with Gasteiger partial charge in [-0.05, 0) is 61.7 Å². The van der Waals surface area contributed by atoms with Crippen LogP contribution in [0.4, 0.5) is 0 Å². The number of carbonyl (C=O) groups excluding carboxylic acids is 1. The van der Waals surface area contributed by atoms with Crippen molar-refractivity contribution in [3.8, 4) is 0 Å². The molecule has 0 saturated heterocycles. The van der Waals surface area contributed by atoms with Crippen molar-refractivity contribution in [2.45, 2.75) is 58.7 Å². The van der Waals surface area contributed by atoms with Gasteiger partial charge in [-0.2, -0.15) is 0 Å². The first kappa shape index (κ1) is 15.1. The molecule has 4 aliphatic carbocycles. The SMILES string of the molecule is C=CC(=O)OC(OCC12CC3CC(CC(C3)C1)C2)C(C)C. The lowest BCUT2D eigenvalue weighted by molar-refractivity contribution is -0.203. The highest BCUT2D eigenvalue weighted by atomic mass is 16.7. The summed E-state index contributed by atoms with van der Waals surface area (Å²) in [6.45, 7) is 8.27. The molecule has 4 bridgehead atoms. The first-order valence-electron chi connectivity index (χ1n) is 8.44. The molecule has 3 nitrogen and oxygen atoms in total. The van der Waals surface area contributed by atoms with Crippen molar-refractivity contribution in [3.05, 3.63) is 12.7 Å². The quantitative estimate of drug-likeness (QED) is 0.423. The molecule has 0 aromatic heterocycles. The maximum absolute atomic E-state index is 11.4. The van der Waals surface area contributed by atoms with E-state index in [0.29, 0.717) is 5.41 Å². The lowest BCUT2D eigenvalue weighted by Crippen LogP contribution is -2.49. The molecule has 3 heteroatoms. The molecule has 4 fully saturated rings. The van der Waals surface area contributed by atoms with Gasteiger partial charge in [-0.3, -0.25) is 0 Å². The zero-order valence-electron chi connectivity index (χ0n) is 13.3. The van der Waals surface area contributed by atoms with Crippen LogP contribution in [0.5, 0.6) is 0 Å². The largest absolute Gasteiger partial charge is 0.432 e. The molecule has 118 valence electrons.